The molecule has 5 nitrogen and oxygen atoms in total. The first-order valence-electron chi connectivity index (χ1n) is 10.4. The van der Waals surface area contributed by atoms with Gasteiger partial charge >= 0.3 is 5.97 Å². The molecular formula is C25H26N2O3. The van der Waals surface area contributed by atoms with Crippen LogP contribution in [0.5, 0.6) is 5.75 Å². The first kappa shape index (κ1) is 20.0. The normalized spacial score (nSPS) is 15.9. The maximum atomic E-state index is 10.8. The number of H-pyrrole nitrogens is 1. The van der Waals surface area contributed by atoms with Crippen molar-refractivity contribution in [2.75, 3.05) is 0 Å². The predicted molar refractivity (Wildman–Crippen MR) is 116 cm³/mol. The van der Waals surface area contributed by atoms with Crippen molar-refractivity contribution in [3.63, 3.8) is 0 Å². The zero-order valence-electron chi connectivity index (χ0n) is 16.9. The third kappa shape index (κ3) is 4.46. The number of carbonyl (C=O) groups is 1. The standard InChI is InChI=1S/C25H26N2O3/c28-24(29)14-11-21-17-23(27-26-21)25(15-5-2-6-16-25)20-9-12-22(13-10-20)30-18-19-7-3-1-4-8-19/h1,3-4,7-14,17H,2,5-6,15-16,18H2,(H,26,27)(H,28,29)/b14-11+. The molecule has 1 aliphatic carbocycles. The molecule has 4 rings (SSSR count). The molecule has 30 heavy (non-hydrogen) atoms. The lowest BCUT2D eigenvalue weighted by Crippen LogP contribution is -2.30. The number of hydrogen-bond donors (Lipinski definition) is 2. The SMILES string of the molecule is O=C(O)/C=C/c1cc(C2(c3ccc(OCc4ccccc4)cc3)CCCCC2)[nH]n1. The number of nitrogens with one attached hydrogen (secondary N) is 1. The summed E-state index contributed by atoms with van der Waals surface area (Å²) in [4.78, 5) is 10.8. The molecule has 0 unspecified atom stereocenters. The Hall–Kier alpha value is -3.34. The van der Waals surface area contributed by atoms with Gasteiger partial charge in [-0.05, 0) is 48.2 Å². The van der Waals surface area contributed by atoms with E-state index in [1.54, 1.807) is 0 Å². The molecule has 1 aromatic heterocycles. The number of rotatable bonds is 7. The van der Waals surface area contributed by atoms with E-state index in [2.05, 4.69) is 34.5 Å². The topological polar surface area (TPSA) is 75.2 Å². The van der Waals surface area contributed by atoms with Crippen molar-refractivity contribution in [3.8, 4) is 5.75 Å². The number of nitrogens with zero attached hydrogens (tertiary/aromatic N) is 1. The van der Waals surface area contributed by atoms with Gasteiger partial charge in [0, 0.05) is 17.2 Å². The molecule has 0 atom stereocenters. The van der Waals surface area contributed by atoms with Crippen LogP contribution >= 0.6 is 0 Å². The minimum absolute atomic E-state index is 0.126. The second kappa shape index (κ2) is 8.99. The lowest BCUT2D eigenvalue weighted by atomic mass is 9.67. The molecule has 1 fully saturated rings. The monoisotopic (exact) mass is 402 g/mol. The van der Waals surface area contributed by atoms with E-state index in [1.807, 2.05) is 36.4 Å². The molecule has 5 heteroatoms. The highest BCUT2D eigenvalue weighted by molar-refractivity contribution is 5.84. The first-order valence-corrected chi connectivity index (χ1v) is 10.4. The summed E-state index contributed by atoms with van der Waals surface area (Å²) in [5.41, 5.74) is 3.94. The molecule has 0 saturated heterocycles. The van der Waals surface area contributed by atoms with Crippen LogP contribution < -0.4 is 4.74 Å². The van der Waals surface area contributed by atoms with Gasteiger partial charge in [0.1, 0.15) is 12.4 Å². The van der Waals surface area contributed by atoms with Crippen molar-refractivity contribution in [1.29, 1.82) is 0 Å². The van der Waals surface area contributed by atoms with Crippen LogP contribution in [0.2, 0.25) is 0 Å². The van der Waals surface area contributed by atoms with Gasteiger partial charge in [-0.3, -0.25) is 5.10 Å². The van der Waals surface area contributed by atoms with Crippen LogP contribution in [0, 0.1) is 0 Å². The van der Waals surface area contributed by atoms with E-state index in [4.69, 9.17) is 9.84 Å². The molecule has 2 N–H and O–H groups in total. The fourth-order valence-electron chi connectivity index (χ4n) is 4.30. The van der Waals surface area contributed by atoms with Gasteiger partial charge in [0.05, 0.1) is 5.69 Å². The predicted octanol–water partition coefficient (Wildman–Crippen LogP) is 5.34. The molecule has 1 saturated carbocycles. The molecule has 0 aliphatic heterocycles. The molecular weight excluding hydrogens is 376 g/mol. The molecule has 0 amide bonds. The van der Waals surface area contributed by atoms with Gasteiger partial charge in [-0.25, -0.2) is 4.79 Å². The average molecular weight is 402 g/mol. The van der Waals surface area contributed by atoms with Gasteiger partial charge in [-0.1, -0.05) is 61.7 Å². The van der Waals surface area contributed by atoms with E-state index >= 15 is 0 Å². The Morgan fingerprint density at radius 2 is 1.80 bits per heavy atom. The van der Waals surface area contributed by atoms with Gasteiger partial charge in [-0.2, -0.15) is 5.10 Å². The maximum absolute atomic E-state index is 10.8. The van der Waals surface area contributed by atoms with Crippen LogP contribution in [0.4, 0.5) is 0 Å². The quantitative estimate of drug-likeness (QED) is 0.523. The van der Waals surface area contributed by atoms with Crippen LogP contribution in [-0.4, -0.2) is 21.3 Å². The van der Waals surface area contributed by atoms with Crippen molar-refractivity contribution >= 4 is 12.0 Å². The van der Waals surface area contributed by atoms with Crippen LogP contribution in [0.3, 0.4) is 0 Å². The molecule has 2 aromatic carbocycles. The fourth-order valence-corrected chi connectivity index (χ4v) is 4.30. The summed E-state index contributed by atoms with van der Waals surface area (Å²) in [7, 11) is 0. The van der Waals surface area contributed by atoms with E-state index in [0.717, 1.165) is 48.8 Å². The Morgan fingerprint density at radius 1 is 1.07 bits per heavy atom. The van der Waals surface area contributed by atoms with Crippen molar-refractivity contribution in [2.45, 2.75) is 44.1 Å². The summed E-state index contributed by atoms with van der Waals surface area (Å²) in [5, 5.41) is 16.4. The molecule has 0 spiro atoms. The van der Waals surface area contributed by atoms with E-state index in [-0.39, 0.29) is 5.41 Å². The Kier molecular flexibility index (Phi) is 5.98. The van der Waals surface area contributed by atoms with Crippen LogP contribution in [0.15, 0.2) is 66.7 Å². The number of aromatic amines is 1. The molecule has 1 aliphatic rings. The van der Waals surface area contributed by atoms with Crippen molar-refractivity contribution < 1.29 is 14.6 Å². The summed E-state index contributed by atoms with van der Waals surface area (Å²) in [6.45, 7) is 0.547. The largest absolute Gasteiger partial charge is 0.489 e. The van der Waals surface area contributed by atoms with E-state index in [9.17, 15) is 4.79 Å². The van der Waals surface area contributed by atoms with Crippen LogP contribution in [-0.2, 0) is 16.8 Å². The summed E-state index contributed by atoms with van der Waals surface area (Å²) in [6.07, 6.45) is 8.28. The Bertz CT molecular complexity index is 1000. The highest BCUT2D eigenvalue weighted by Crippen LogP contribution is 2.44. The zero-order valence-corrected chi connectivity index (χ0v) is 16.9. The zero-order chi connectivity index (χ0) is 20.8. The number of benzene rings is 2. The van der Waals surface area contributed by atoms with Gasteiger partial charge in [0.2, 0.25) is 0 Å². The fraction of sp³-hybridized carbons (Fsp3) is 0.280. The van der Waals surface area contributed by atoms with E-state index in [0.29, 0.717) is 12.3 Å². The Labute approximate surface area is 176 Å². The van der Waals surface area contributed by atoms with Crippen molar-refractivity contribution in [3.05, 3.63) is 89.3 Å². The second-order valence-electron chi connectivity index (χ2n) is 7.82. The summed E-state index contributed by atoms with van der Waals surface area (Å²) in [5.74, 6) is -0.124. The minimum atomic E-state index is -0.974. The Morgan fingerprint density at radius 3 is 2.50 bits per heavy atom. The molecule has 154 valence electrons. The number of carboxylic acid groups (broad SMARTS) is 1. The first-order chi connectivity index (χ1) is 14.7. The van der Waals surface area contributed by atoms with Crippen LogP contribution in [0.1, 0.15) is 54.6 Å². The molecule has 0 bridgehead atoms. The van der Waals surface area contributed by atoms with Crippen molar-refractivity contribution in [2.24, 2.45) is 0 Å². The Balaban J connectivity index is 1.55. The second-order valence-corrected chi connectivity index (χ2v) is 7.82. The van der Waals surface area contributed by atoms with E-state index in [1.165, 1.54) is 18.1 Å². The number of carboxylic acids is 1. The number of aliphatic carboxylic acids is 1. The smallest absolute Gasteiger partial charge is 0.328 e. The minimum Gasteiger partial charge on any atom is -0.489 e. The van der Waals surface area contributed by atoms with Gasteiger partial charge < -0.3 is 9.84 Å². The summed E-state index contributed by atoms with van der Waals surface area (Å²) in [6, 6.07) is 20.5. The van der Waals surface area contributed by atoms with Gasteiger partial charge in [0.25, 0.3) is 0 Å². The number of hydrogen-bond acceptors (Lipinski definition) is 3. The highest BCUT2D eigenvalue weighted by Gasteiger charge is 2.37. The maximum Gasteiger partial charge on any atom is 0.328 e. The van der Waals surface area contributed by atoms with Crippen molar-refractivity contribution in [1.82, 2.24) is 10.2 Å². The number of aromatic nitrogens is 2. The van der Waals surface area contributed by atoms with Gasteiger partial charge in [-0.15, -0.1) is 0 Å². The summed E-state index contributed by atoms with van der Waals surface area (Å²) >= 11 is 0. The number of ether oxygens (including phenoxy) is 1. The molecule has 3 aromatic rings. The van der Waals surface area contributed by atoms with Gasteiger partial charge in [0.15, 0.2) is 0 Å². The average Bonchev–Trinajstić information content (AvgIpc) is 3.28. The van der Waals surface area contributed by atoms with E-state index < -0.39 is 5.97 Å². The lowest BCUT2D eigenvalue weighted by Gasteiger charge is -2.37. The van der Waals surface area contributed by atoms with Crippen LogP contribution in [0.25, 0.3) is 6.08 Å². The summed E-state index contributed by atoms with van der Waals surface area (Å²) < 4.78 is 5.95. The lowest BCUT2D eigenvalue weighted by molar-refractivity contribution is -0.131. The third-order valence-corrected chi connectivity index (χ3v) is 5.87. The molecule has 1 heterocycles. The molecule has 0 radical (unpaired) electrons. The highest BCUT2D eigenvalue weighted by atomic mass is 16.5. The third-order valence-electron chi connectivity index (χ3n) is 5.87.